The molecule has 122 valence electrons. The van der Waals surface area contributed by atoms with Crippen molar-refractivity contribution in [3.8, 4) is 0 Å². The van der Waals surface area contributed by atoms with Crippen LogP contribution < -0.4 is 10.6 Å². The Kier molecular flexibility index (Phi) is 6.23. The van der Waals surface area contributed by atoms with E-state index in [4.69, 9.17) is 4.42 Å². The second-order valence-corrected chi connectivity index (χ2v) is 4.82. The molecule has 0 amide bonds. The van der Waals surface area contributed by atoms with E-state index in [0.717, 1.165) is 17.9 Å². The number of hydrogen-bond donors (Lipinski definition) is 2. The highest BCUT2D eigenvalue weighted by molar-refractivity contribution is 5.89. The molecule has 0 aliphatic heterocycles. The maximum absolute atomic E-state index is 11.4. The van der Waals surface area contributed by atoms with Gasteiger partial charge in [-0.3, -0.25) is 0 Å². The van der Waals surface area contributed by atoms with Crippen molar-refractivity contribution in [2.24, 2.45) is 4.99 Å². The quantitative estimate of drug-likeness (QED) is 0.486. The fourth-order valence-corrected chi connectivity index (χ4v) is 1.96. The number of carbonyl (C=O) groups excluding carboxylic acids is 1. The Morgan fingerprint density at radius 1 is 1.22 bits per heavy atom. The molecule has 0 aliphatic rings. The average molecular weight is 315 g/mol. The van der Waals surface area contributed by atoms with E-state index in [0.29, 0.717) is 24.6 Å². The highest BCUT2D eigenvalue weighted by Gasteiger charge is 2.04. The first-order valence-corrected chi connectivity index (χ1v) is 7.44. The van der Waals surface area contributed by atoms with Crippen molar-refractivity contribution < 1.29 is 13.9 Å². The van der Waals surface area contributed by atoms with E-state index < -0.39 is 0 Å². The molecule has 0 fully saturated rings. The number of benzene rings is 1. The number of hydrogen-bond acceptors (Lipinski definition) is 4. The van der Waals surface area contributed by atoms with Crippen LogP contribution in [-0.2, 0) is 17.8 Å². The van der Waals surface area contributed by atoms with Crippen LogP contribution in [0.4, 0.5) is 0 Å². The second kappa shape index (κ2) is 8.63. The minimum absolute atomic E-state index is 0.339. The Labute approximate surface area is 135 Å². The second-order valence-electron chi connectivity index (χ2n) is 4.82. The smallest absolute Gasteiger partial charge is 0.337 e. The van der Waals surface area contributed by atoms with Gasteiger partial charge in [0.15, 0.2) is 5.96 Å². The molecule has 2 rings (SSSR count). The van der Waals surface area contributed by atoms with Crippen LogP contribution >= 0.6 is 0 Å². The third-order valence-corrected chi connectivity index (χ3v) is 3.15. The monoisotopic (exact) mass is 315 g/mol. The zero-order valence-corrected chi connectivity index (χ0v) is 13.3. The van der Waals surface area contributed by atoms with E-state index in [1.807, 2.05) is 31.2 Å². The number of nitrogens with one attached hydrogen (secondary N) is 2. The number of guanidine groups is 1. The van der Waals surface area contributed by atoms with E-state index >= 15 is 0 Å². The van der Waals surface area contributed by atoms with Gasteiger partial charge in [-0.2, -0.15) is 0 Å². The molecule has 0 radical (unpaired) electrons. The normalized spacial score (nSPS) is 11.1. The maximum atomic E-state index is 11.4. The summed E-state index contributed by atoms with van der Waals surface area (Å²) in [7, 11) is 1.37. The van der Waals surface area contributed by atoms with E-state index in [1.54, 1.807) is 18.4 Å². The van der Waals surface area contributed by atoms with Crippen molar-refractivity contribution in [3.63, 3.8) is 0 Å². The number of methoxy groups -OCH3 is 1. The molecule has 0 spiro atoms. The molecule has 1 aromatic carbocycles. The van der Waals surface area contributed by atoms with Crippen molar-refractivity contribution in [1.29, 1.82) is 0 Å². The number of aliphatic imine (C=N–C) groups is 1. The summed E-state index contributed by atoms with van der Waals surface area (Å²) in [6, 6.07) is 11.0. The van der Waals surface area contributed by atoms with Gasteiger partial charge in [0.2, 0.25) is 0 Å². The Morgan fingerprint density at radius 3 is 2.61 bits per heavy atom. The van der Waals surface area contributed by atoms with Gasteiger partial charge in [0.05, 0.1) is 32.0 Å². The van der Waals surface area contributed by atoms with Gasteiger partial charge in [0.1, 0.15) is 5.76 Å². The maximum Gasteiger partial charge on any atom is 0.337 e. The first kappa shape index (κ1) is 16.6. The van der Waals surface area contributed by atoms with Gasteiger partial charge in [0, 0.05) is 6.54 Å². The molecule has 0 saturated carbocycles. The summed E-state index contributed by atoms with van der Waals surface area (Å²) >= 11 is 0. The minimum Gasteiger partial charge on any atom is -0.467 e. The molecule has 2 N–H and O–H groups in total. The number of carbonyl (C=O) groups is 1. The number of nitrogens with zero attached hydrogens (tertiary/aromatic N) is 1. The van der Waals surface area contributed by atoms with Crippen LogP contribution in [0.5, 0.6) is 0 Å². The average Bonchev–Trinajstić information content (AvgIpc) is 3.10. The summed E-state index contributed by atoms with van der Waals surface area (Å²) in [4.78, 5) is 15.9. The molecule has 0 aliphatic carbocycles. The lowest BCUT2D eigenvalue weighted by atomic mass is 10.1. The summed E-state index contributed by atoms with van der Waals surface area (Å²) in [5.41, 5.74) is 1.54. The largest absolute Gasteiger partial charge is 0.467 e. The molecule has 0 bridgehead atoms. The predicted octanol–water partition coefficient (Wildman–Crippen LogP) is 2.32. The summed E-state index contributed by atoms with van der Waals surface area (Å²) < 4.78 is 9.96. The molecule has 2 aromatic rings. The third-order valence-electron chi connectivity index (χ3n) is 3.15. The van der Waals surface area contributed by atoms with E-state index in [1.165, 1.54) is 7.11 Å². The van der Waals surface area contributed by atoms with Crippen molar-refractivity contribution in [1.82, 2.24) is 10.6 Å². The lowest BCUT2D eigenvalue weighted by Gasteiger charge is -2.10. The van der Waals surface area contributed by atoms with Crippen LogP contribution in [0.25, 0.3) is 0 Å². The fraction of sp³-hybridized carbons (Fsp3) is 0.294. The van der Waals surface area contributed by atoms with Crippen LogP contribution in [-0.4, -0.2) is 25.6 Å². The first-order valence-electron chi connectivity index (χ1n) is 7.44. The van der Waals surface area contributed by atoms with Crippen molar-refractivity contribution in [2.75, 3.05) is 13.7 Å². The summed E-state index contributed by atoms with van der Waals surface area (Å²) in [6.45, 7) is 3.86. The summed E-state index contributed by atoms with van der Waals surface area (Å²) in [5, 5.41) is 6.38. The van der Waals surface area contributed by atoms with Gasteiger partial charge in [-0.1, -0.05) is 12.1 Å². The minimum atomic E-state index is -0.339. The molecule has 1 heterocycles. The number of furan rings is 1. The van der Waals surface area contributed by atoms with Crippen molar-refractivity contribution in [3.05, 3.63) is 59.5 Å². The zero-order chi connectivity index (χ0) is 16.5. The Balaban J connectivity index is 1.95. The topological polar surface area (TPSA) is 75.9 Å². The summed E-state index contributed by atoms with van der Waals surface area (Å²) in [5.74, 6) is 1.22. The van der Waals surface area contributed by atoms with Gasteiger partial charge in [-0.25, -0.2) is 9.79 Å². The molecule has 1 aromatic heterocycles. The van der Waals surface area contributed by atoms with Crippen LogP contribution in [0.3, 0.4) is 0 Å². The van der Waals surface area contributed by atoms with E-state index in [9.17, 15) is 4.79 Å². The predicted molar refractivity (Wildman–Crippen MR) is 88.1 cm³/mol. The van der Waals surface area contributed by atoms with Crippen molar-refractivity contribution >= 4 is 11.9 Å². The molecule has 6 heteroatoms. The first-order chi connectivity index (χ1) is 11.2. The van der Waals surface area contributed by atoms with Gasteiger partial charge in [-0.15, -0.1) is 0 Å². The van der Waals surface area contributed by atoms with Gasteiger partial charge in [0.25, 0.3) is 0 Å². The Bertz CT molecular complexity index is 634. The zero-order valence-electron chi connectivity index (χ0n) is 13.3. The van der Waals surface area contributed by atoms with Crippen LogP contribution in [0.1, 0.15) is 28.6 Å². The molecule has 6 nitrogen and oxygen atoms in total. The van der Waals surface area contributed by atoms with Crippen LogP contribution in [0, 0.1) is 0 Å². The fourth-order valence-electron chi connectivity index (χ4n) is 1.96. The van der Waals surface area contributed by atoms with E-state index in [-0.39, 0.29) is 5.97 Å². The van der Waals surface area contributed by atoms with E-state index in [2.05, 4.69) is 20.4 Å². The number of rotatable bonds is 6. The van der Waals surface area contributed by atoms with Crippen LogP contribution in [0.15, 0.2) is 52.1 Å². The molecular formula is C17H21N3O3. The van der Waals surface area contributed by atoms with Crippen molar-refractivity contribution in [2.45, 2.75) is 20.0 Å². The molecule has 0 unspecified atom stereocenters. The highest BCUT2D eigenvalue weighted by atomic mass is 16.5. The molecule has 0 saturated heterocycles. The van der Waals surface area contributed by atoms with Gasteiger partial charge in [-0.05, 0) is 36.8 Å². The Hall–Kier alpha value is -2.76. The summed E-state index contributed by atoms with van der Waals surface area (Å²) in [6.07, 6.45) is 1.64. The van der Waals surface area contributed by atoms with Gasteiger partial charge >= 0.3 is 5.97 Å². The van der Waals surface area contributed by atoms with Gasteiger partial charge < -0.3 is 19.8 Å². The lowest BCUT2D eigenvalue weighted by molar-refractivity contribution is 0.0600. The standard InChI is InChI=1S/C17H21N3O3/c1-3-18-17(20-12-15-5-4-10-23-15)19-11-13-6-8-14(9-7-13)16(21)22-2/h4-10H,3,11-12H2,1-2H3,(H2,18,19,20). The SMILES string of the molecule is CCNC(=NCc1ccc(C(=O)OC)cc1)NCc1ccco1. The number of ether oxygens (including phenoxy) is 1. The molecular weight excluding hydrogens is 294 g/mol. The number of esters is 1. The Morgan fingerprint density at radius 2 is 2.00 bits per heavy atom. The lowest BCUT2D eigenvalue weighted by Crippen LogP contribution is -2.36. The molecule has 23 heavy (non-hydrogen) atoms. The highest BCUT2D eigenvalue weighted by Crippen LogP contribution is 2.07. The van der Waals surface area contributed by atoms with Crippen LogP contribution in [0.2, 0.25) is 0 Å². The third kappa shape index (κ3) is 5.18. The molecule has 0 atom stereocenters.